The summed E-state index contributed by atoms with van der Waals surface area (Å²) in [6, 6.07) is 5.47. The Kier molecular flexibility index (Phi) is 3.32. The van der Waals surface area contributed by atoms with Gasteiger partial charge in [-0.25, -0.2) is 0 Å². The summed E-state index contributed by atoms with van der Waals surface area (Å²) < 4.78 is 0. The van der Waals surface area contributed by atoms with Crippen molar-refractivity contribution in [2.75, 3.05) is 11.6 Å². The predicted octanol–water partition coefficient (Wildman–Crippen LogP) is 2.25. The summed E-state index contributed by atoms with van der Waals surface area (Å²) in [6.45, 7) is 2.03. The third-order valence-electron chi connectivity index (χ3n) is 1.95. The maximum absolute atomic E-state index is 11.3. The number of aryl methyl sites for hydroxylation is 1. The Hall–Kier alpha value is -1.02. The van der Waals surface area contributed by atoms with Gasteiger partial charge in [-0.05, 0) is 24.1 Å². The van der Waals surface area contributed by atoms with Crippen LogP contribution < -0.4 is 5.73 Å². The summed E-state index contributed by atoms with van der Waals surface area (Å²) in [5.74, 6) is -0.133. The van der Waals surface area contributed by atoms with E-state index in [2.05, 4.69) is 0 Å². The lowest BCUT2D eigenvalue weighted by Crippen LogP contribution is -2.05. The van der Waals surface area contributed by atoms with Crippen molar-refractivity contribution in [1.29, 1.82) is 0 Å². The van der Waals surface area contributed by atoms with Gasteiger partial charge in [-0.1, -0.05) is 13.0 Å². The minimum absolute atomic E-state index is 0.0165. The topological polar surface area (TPSA) is 43.1 Å². The van der Waals surface area contributed by atoms with Gasteiger partial charge < -0.3 is 5.73 Å². The van der Waals surface area contributed by atoms with Crippen LogP contribution in [0.5, 0.6) is 0 Å². The zero-order valence-electron chi connectivity index (χ0n) is 7.51. The molecular weight excluding hydrogens is 186 g/mol. The van der Waals surface area contributed by atoms with Crippen LogP contribution in [-0.4, -0.2) is 11.7 Å². The number of hydrogen-bond donors (Lipinski definition) is 1. The Balaban J connectivity index is 3.11. The molecule has 2 N–H and O–H groups in total. The van der Waals surface area contributed by atoms with Crippen LogP contribution in [0.15, 0.2) is 18.2 Å². The molecule has 1 aromatic carbocycles. The Labute approximate surface area is 82.7 Å². The summed E-state index contributed by atoms with van der Waals surface area (Å²) >= 11 is 5.45. The highest BCUT2D eigenvalue weighted by Gasteiger charge is 2.08. The van der Waals surface area contributed by atoms with E-state index in [-0.39, 0.29) is 11.7 Å². The molecule has 0 heterocycles. The summed E-state index contributed by atoms with van der Waals surface area (Å²) in [5, 5.41) is 0. The second kappa shape index (κ2) is 4.28. The molecule has 0 aliphatic heterocycles. The zero-order chi connectivity index (χ0) is 9.84. The summed E-state index contributed by atoms with van der Waals surface area (Å²) in [6.07, 6.45) is 0.892. The number of carbonyl (C=O) groups is 1. The Bertz CT molecular complexity index is 323. The highest BCUT2D eigenvalue weighted by Crippen LogP contribution is 2.15. The summed E-state index contributed by atoms with van der Waals surface area (Å²) in [5.41, 5.74) is 7.78. The van der Waals surface area contributed by atoms with E-state index in [4.69, 9.17) is 17.3 Å². The molecule has 2 nitrogen and oxygen atoms in total. The molecule has 0 amide bonds. The van der Waals surface area contributed by atoms with E-state index in [1.165, 1.54) is 0 Å². The smallest absolute Gasteiger partial charge is 0.179 e. The lowest BCUT2D eigenvalue weighted by atomic mass is 10.0. The van der Waals surface area contributed by atoms with Crippen LogP contribution in [-0.2, 0) is 6.42 Å². The second-order valence-corrected chi connectivity index (χ2v) is 3.10. The molecule has 0 aromatic heterocycles. The monoisotopic (exact) mass is 197 g/mol. The molecule has 0 spiro atoms. The molecule has 1 aromatic rings. The van der Waals surface area contributed by atoms with Crippen molar-refractivity contribution in [1.82, 2.24) is 0 Å². The van der Waals surface area contributed by atoms with E-state index in [1.54, 1.807) is 12.1 Å². The SMILES string of the molecule is CCc1ccc(N)c(C(=O)CCl)c1. The van der Waals surface area contributed by atoms with Crippen molar-refractivity contribution in [3.63, 3.8) is 0 Å². The number of carbonyl (C=O) groups excluding carboxylic acids is 1. The number of rotatable bonds is 3. The number of hydrogen-bond acceptors (Lipinski definition) is 2. The van der Waals surface area contributed by atoms with Crippen molar-refractivity contribution >= 4 is 23.1 Å². The molecular formula is C10H12ClNO. The molecule has 70 valence electrons. The van der Waals surface area contributed by atoms with Crippen molar-refractivity contribution in [3.05, 3.63) is 29.3 Å². The minimum atomic E-state index is -0.116. The van der Waals surface area contributed by atoms with Gasteiger partial charge in [0.05, 0.1) is 5.88 Å². The van der Waals surface area contributed by atoms with E-state index < -0.39 is 0 Å². The van der Waals surface area contributed by atoms with Gasteiger partial charge in [0, 0.05) is 11.3 Å². The molecule has 0 atom stereocenters. The van der Waals surface area contributed by atoms with Crippen LogP contribution in [0.2, 0.25) is 0 Å². The maximum Gasteiger partial charge on any atom is 0.179 e. The number of benzene rings is 1. The highest BCUT2D eigenvalue weighted by atomic mass is 35.5. The Morgan fingerprint density at radius 3 is 2.77 bits per heavy atom. The molecule has 0 radical (unpaired) electrons. The van der Waals surface area contributed by atoms with Crippen LogP contribution in [0.3, 0.4) is 0 Å². The standard InChI is InChI=1S/C10H12ClNO/c1-2-7-3-4-9(12)8(5-7)10(13)6-11/h3-5H,2,6,12H2,1H3. The molecule has 1 rings (SSSR count). The van der Waals surface area contributed by atoms with Crippen LogP contribution >= 0.6 is 11.6 Å². The number of Topliss-reactive ketones (excluding diaryl/α,β-unsaturated/α-hetero) is 1. The fourth-order valence-corrected chi connectivity index (χ4v) is 1.28. The van der Waals surface area contributed by atoms with Gasteiger partial charge in [0.15, 0.2) is 5.78 Å². The third-order valence-corrected chi connectivity index (χ3v) is 2.19. The van der Waals surface area contributed by atoms with Crippen molar-refractivity contribution in [3.8, 4) is 0 Å². The summed E-state index contributed by atoms with van der Waals surface area (Å²) in [4.78, 5) is 11.3. The number of nitrogens with two attached hydrogens (primary N) is 1. The number of alkyl halides is 1. The van der Waals surface area contributed by atoms with Gasteiger partial charge in [-0.2, -0.15) is 0 Å². The molecule has 0 aliphatic carbocycles. The lowest BCUT2D eigenvalue weighted by Gasteiger charge is -2.04. The Morgan fingerprint density at radius 1 is 1.54 bits per heavy atom. The number of halogens is 1. The fourth-order valence-electron chi connectivity index (χ4n) is 1.14. The fraction of sp³-hybridized carbons (Fsp3) is 0.300. The minimum Gasteiger partial charge on any atom is -0.398 e. The third kappa shape index (κ3) is 2.22. The average Bonchev–Trinajstić information content (AvgIpc) is 2.17. The lowest BCUT2D eigenvalue weighted by molar-refractivity contribution is 0.102. The summed E-state index contributed by atoms with van der Waals surface area (Å²) in [7, 11) is 0. The van der Waals surface area contributed by atoms with Gasteiger partial charge >= 0.3 is 0 Å². The second-order valence-electron chi connectivity index (χ2n) is 2.83. The van der Waals surface area contributed by atoms with Crippen LogP contribution in [0.1, 0.15) is 22.8 Å². The molecule has 0 saturated heterocycles. The molecule has 0 aliphatic rings. The molecule has 3 heteroatoms. The van der Waals surface area contributed by atoms with Crippen LogP contribution in [0, 0.1) is 0 Å². The molecule has 0 saturated carbocycles. The van der Waals surface area contributed by atoms with E-state index >= 15 is 0 Å². The van der Waals surface area contributed by atoms with E-state index in [0.29, 0.717) is 11.3 Å². The van der Waals surface area contributed by atoms with Gasteiger partial charge in [0.1, 0.15) is 0 Å². The zero-order valence-corrected chi connectivity index (χ0v) is 8.27. The maximum atomic E-state index is 11.3. The Morgan fingerprint density at radius 2 is 2.23 bits per heavy atom. The van der Waals surface area contributed by atoms with E-state index in [1.807, 2.05) is 13.0 Å². The van der Waals surface area contributed by atoms with Crippen molar-refractivity contribution in [2.24, 2.45) is 0 Å². The first kappa shape index (κ1) is 10.1. The van der Waals surface area contributed by atoms with Gasteiger partial charge in [-0.3, -0.25) is 4.79 Å². The first-order chi connectivity index (χ1) is 6.19. The number of anilines is 1. The first-order valence-electron chi connectivity index (χ1n) is 4.16. The van der Waals surface area contributed by atoms with Crippen LogP contribution in [0.25, 0.3) is 0 Å². The molecule has 0 unspecified atom stereocenters. The van der Waals surface area contributed by atoms with Crippen LogP contribution in [0.4, 0.5) is 5.69 Å². The average molecular weight is 198 g/mol. The molecule has 0 bridgehead atoms. The number of nitrogen functional groups attached to an aromatic ring is 1. The normalized spacial score (nSPS) is 10.0. The molecule has 0 fully saturated rings. The quantitative estimate of drug-likeness (QED) is 0.459. The van der Waals surface area contributed by atoms with Gasteiger partial charge in [0.2, 0.25) is 0 Å². The van der Waals surface area contributed by atoms with Crippen molar-refractivity contribution < 1.29 is 4.79 Å². The van der Waals surface area contributed by atoms with Crippen molar-refractivity contribution in [2.45, 2.75) is 13.3 Å². The van der Waals surface area contributed by atoms with E-state index in [9.17, 15) is 4.79 Å². The van der Waals surface area contributed by atoms with Gasteiger partial charge in [-0.15, -0.1) is 11.6 Å². The highest BCUT2D eigenvalue weighted by molar-refractivity contribution is 6.31. The number of ketones is 1. The van der Waals surface area contributed by atoms with E-state index in [0.717, 1.165) is 12.0 Å². The largest absolute Gasteiger partial charge is 0.398 e. The molecule has 13 heavy (non-hydrogen) atoms. The first-order valence-corrected chi connectivity index (χ1v) is 4.70. The predicted molar refractivity (Wildman–Crippen MR) is 55.3 cm³/mol. The van der Waals surface area contributed by atoms with Gasteiger partial charge in [0.25, 0.3) is 0 Å².